The topological polar surface area (TPSA) is 112 Å². The van der Waals surface area contributed by atoms with E-state index in [4.69, 9.17) is 0 Å². The van der Waals surface area contributed by atoms with Gasteiger partial charge >= 0.3 is 29.6 Å². The van der Waals surface area contributed by atoms with Crippen LogP contribution in [-0.2, 0) is 10.3 Å². The summed E-state index contributed by atoms with van der Waals surface area (Å²) < 4.78 is 32.7. The van der Waals surface area contributed by atoms with Crippen LogP contribution in [0, 0.1) is 17.0 Å². The smallest absolute Gasteiger partial charge is 0.731 e. The van der Waals surface area contributed by atoms with Crippen LogP contribution < -0.4 is 34.3 Å². The molecule has 16 heavy (non-hydrogen) atoms. The van der Waals surface area contributed by atoms with Crippen molar-refractivity contribution in [2.24, 2.45) is 0 Å². The van der Waals surface area contributed by atoms with Crippen molar-refractivity contribution in [2.45, 2.75) is 6.92 Å². The standard InChI is InChI=1S/C7H8N2O5S.Na/c1-5-2-3-7(9(10)11)6(4-5)8-15(12,13)14;/h2-4,8H,1H3,(H,12,13,14);/q;+1/p-1. The first-order chi connectivity index (χ1) is 6.79. The number of anilines is 1. The van der Waals surface area contributed by atoms with Crippen molar-refractivity contribution in [1.29, 1.82) is 0 Å². The first kappa shape index (κ1) is 15.3. The van der Waals surface area contributed by atoms with Gasteiger partial charge in [0.2, 0.25) is 0 Å². The number of aryl methyl sites for hydroxylation is 1. The first-order valence-corrected chi connectivity index (χ1v) is 5.19. The molecule has 82 valence electrons. The largest absolute Gasteiger partial charge is 1.00 e. The quantitative estimate of drug-likeness (QED) is 0.284. The molecule has 9 heteroatoms. The molecule has 1 aromatic carbocycles. The second kappa shape index (κ2) is 5.60. The van der Waals surface area contributed by atoms with E-state index < -0.39 is 20.9 Å². The molecule has 0 aliphatic heterocycles. The minimum atomic E-state index is -4.75. The summed E-state index contributed by atoms with van der Waals surface area (Å²) in [7, 11) is -4.75. The van der Waals surface area contributed by atoms with Crippen LogP contribution in [0.25, 0.3) is 0 Å². The number of nitrogens with zero attached hydrogens (tertiary/aromatic N) is 1. The van der Waals surface area contributed by atoms with Gasteiger partial charge in [-0.05, 0) is 18.6 Å². The van der Waals surface area contributed by atoms with Gasteiger partial charge in [-0.1, -0.05) is 6.07 Å². The van der Waals surface area contributed by atoms with Crippen molar-refractivity contribution < 1.29 is 47.5 Å². The molecule has 0 heterocycles. The molecular weight excluding hydrogens is 247 g/mol. The second-order valence-electron chi connectivity index (χ2n) is 2.83. The molecule has 0 atom stereocenters. The third kappa shape index (κ3) is 4.45. The van der Waals surface area contributed by atoms with Gasteiger partial charge in [-0.2, -0.15) is 0 Å². The number of nitro groups is 1. The summed E-state index contributed by atoms with van der Waals surface area (Å²) in [5.74, 6) is 0. The Balaban J connectivity index is 0.00000225. The zero-order valence-electron chi connectivity index (χ0n) is 8.63. The fourth-order valence-corrected chi connectivity index (χ4v) is 1.46. The zero-order chi connectivity index (χ0) is 11.6. The van der Waals surface area contributed by atoms with Gasteiger partial charge in [0.25, 0.3) is 5.69 Å². The maximum Gasteiger partial charge on any atom is 1.00 e. The van der Waals surface area contributed by atoms with Gasteiger partial charge in [0.05, 0.1) is 4.92 Å². The Kier molecular flexibility index (Phi) is 5.36. The van der Waals surface area contributed by atoms with Crippen molar-refractivity contribution in [1.82, 2.24) is 0 Å². The van der Waals surface area contributed by atoms with Crippen LogP contribution in [0.5, 0.6) is 0 Å². The maximum absolute atomic E-state index is 10.5. The third-order valence-corrected chi connectivity index (χ3v) is 2.05. The van der Waals surface area contributed by atoms with Gasteiger partial charge in [-0.3, -0.25) is 14.8 Å². The van der Waals surface area contributed by atoms with Crippen LogP contribution in [-0.4, -0.2) is 17.9 Å². The minimum absolute atomic E-state index is 0. The van der Waals surface area contributed by atoms with Crippen LogP contribution in [0.1, 0.15) is 5.56 Å². The fraction of sp³-hybridized carbons (Fsp3) is 0.143. The van der Waals surface area contributed by atoms with Crippen LogP contribution in [0.2, 0.25) is 0 Å². The summed E-state index contributed by atoms with van der Waals surface area (Å²) in [5, 5.41) is 10.5. The van der Waals surface area contributed by atoms with Gasteiger partial charge < -0.3 is 4.55 Å². The molecule has 0 bridgehead atoms. The average molecular weight is 254 g/mol. The number of rotatable bonds is 3. The molecule has 0 unspecified atom stereocenters. The Hall–Kier alpha value is -0.670. The Morgan fingerprint density at radius 2 is 1.94 bits per heavy atom. The molecule has 1 rings (SSSR count). The van der Waals surface area contributed by atoms with Crippen LogP contribution >= 0.6 is 0 Å². The van der Waals surface area contributed by atoms with E-state index >= 15 is 0 Å². The van der Waals surface area contributed by atoms with Crippen molar-refractivity contribution >= 4 is 21.7 Å². The van der Waals surface area contributed by atoms with Gasteiger partial charge in [0.1, 0.15) is 5.69 Å². The molecule has 0 aromatic heterocycles. The maximum atomic E-state index is 10.5. The molecule has 0 saturated carbocycles. The van der Waals surface area contributed by atoms with Crippen molar-refractivity contribution in [3.63, 3.8) is 0 Å². The molecule has 0 spiro atoms. The van der Waals surface area contributed by atoms with E-state index in [-0.39, 0.29) is 35.2 Å². The minimum Gasteiger partial charge on any atom is -0.731 e. The van der Waals surface area contributed by atoms with E-state index in [1.54, 1.807) is 11.6 Å². The van der Waals surface area contributed by atoms with Crippen LogP contribution in [0.4, 0.5) is 11.4 Å². The Bertz CT molecular complexity index is 501. The molecular formula is C7H7N2NaO5S. The zero-order valence-corrected chi connectivity index (χ0v) is 11.4. The van der Waals surface area contributed by atoms with Crippen LogP contribution in [0.3, 0.4) is 0 Å². The van der Waals surface area contributed by atoms with Crippen molar-refractivity contribution in [3.8, 4) is 0 Å². The van der Waals surface area contributed by atoms with Gasteiger partial charge in [-0.15, -0.1) is 0 Å². The summed E-state index contributed by atoms with van der Waals surface area (Å²) >= 11 is 0. The molecule has 0 amide bonds. The van der Waals surface area contributed by atoms with E-state index in [0.717, 1.165) is 6.07 Å². The number of hydrogen-bond acceptors (Lipinski definition) is 5. The Morgan fingerprint density at radius 3 is 2.38 bits per heavy atom. The van der Waals surface area contributed by atoms with Crippen LogP contribution in [0.15, 0.2) is 18.2 Å². The summed E-state index contributed by atoms with van der Waals surface area (Å²) in [6, 6.07) is 3.79. The summed E-state index contributed by atoms with van der Waals surface area (Å²) in [4.78, 5) is 9.72. The predicted molar refractivity (Wildman–Crippen MR) is 51.2 cm³/mol. The summed E-state index contributed by atoms with van der Waals surface area (Å²) in [5.41, 5.74) is -0.179. The van der Waals surface area contributed by atoms with Gasteiger partial charge in [0, 0.05) is 6.07 Å². The molecule has 0 saturated heterocycles. The second-order valence-corrected chi connectivity index (χ2v) is 3.95. The Morgan fingerprint density at radius 1 is 1.38 bits per heavy atom. The van der Waals surface area contributed by atoms with E-state index in [9.17, 15) is 23.1 Å². The molecule has 0 radical (unpaired) electrons. The third-order valence-electron chi connectivity index (χ3n) is 1.58. The normalized spacial score (nSPS) is 10.4. The van der Waals surface area contributed by atoms with E-state index in [1.165, 1.54) is 12.1 Å². The molecule has 0 fully saturated rings. The first-order valence-electron chi connectivity index (χ1n) is 3.78. The monoisotopic (exact) mass is 254 g/mol. The predicted octanol–water partition coefficient (Wildman–Crippen LogP) is -2.22. The van der Waals surface area contributed by atoms with Gasteiger partial charge in [0.15, 0.2) is 10.3 Å². The van der Waals surface area contributed by atoms with Gasteiger partial charge in [-0.25, -0.2) is 8.42 Å². The summed E-state index contributed by atoms with van der Waals surface area (Å²) in [6.45, 7) is 1.62. The number of nitro benzene ring substituents is 1. The molecule has 1 N–H and O–H groups in total. The van der Waals surface area contributed by atoms with Crippen molar-refractivity contribution in [3.05, 3.63) is 33.9 Å². The molecule has 0 aliphatic rings. The molecule has 1 aromatic rings. The van der Waals surface area contributed by atoms with Crippen molar-refractivity contribution in [2.75, 3.05) is 4.72 Å². The van der Waals surface area contributed by atoms with E-state index in [1.807, 2.05) is 0 Å². The summed E-state index contributed by atoms with van der Waals surface area (Å²) in [6.07, 6.45) is 0. The van der Waals surface area contributed by atoms with E-state index in [0.29, 0.717) is 5.56 Å². The number of benzene rings is 1. The fourth-order valence-electron chi connectivity index (χ4n) is 1.03. The number of nitrogens with one attached hydrogen (secondary N) is 1. The molecule has 0 aliphatic carbocycles. The molecule has 7 nitrogen and oxygen atoms in total. The Labute approximate surface area is 114 Å². The average Bonchev–Trinajstić information content (AvgIpc) is 1.99. The SMILES string of the molecule is Cc1ccc([N+](=O)[O-])c(NS(=O)(=O)[O-])c1.[Na+]. The van der Waals surface area contributed by atoms with E-state index in [2.05, 4.69) is 0 Å². The number of hydrogen-bond donors (Lipinski definition) is 1.